The Bertz CT molecular complexity index is 2660. The normalized spacial score (nSPS) is 18.2. The molecule has 0 saturated heterocycles. The van der Waals surface area contributed by atoms with Crippen LogP contribution in [0.4, 0.5) is 44.2 Å². The number of hydrogen-bond acceptors (Lipinski definition) is 12. The number of Topliss-reactive ketones (excluding diaryl/α,β-unsaturated/α-hetero) is 1. The smallest absolute Gasteiger partial charge is 0.433 e. The number of H-pyrrole nitrogens is 1. The molecule has 1 aliphatic heterocycles. The molecule has 7 N–H and O–H groups in total. The van der Waals surface area contributed by atoms with Crippen LogP contribution in [0.2, 0.25) is 0 Å². The fraction of sp³-hybridized carbons (Fsp3) is 0.460. The second-order valence-electron chi connectivity index (χ2n) is 18.8. The summed E-state index contributed by atoms with van der Waals surface area (Å²) < 4.78 is 66.5. The van der Waals surface area contributed by atoms with Gasteiger partial charge in [-0.1, -0.05) is 27.7 Å². The van der Waals surface area contributed by atoms with E-state index in [1.165, 1.54) is 48.3 Å². The van der Waals surface area contributed by atoms with Crippen molar-refractivity contribution in [2.45, 2.75) is 98.4 Å². The van der Waals surface area contributed by atoms with Crippen LogP contribution in [0.3, 0.4) is 0 Å². The Labute approximate surface area is 409 Å². The number of nitrogens with one attached hydrogen (secondary N) is 5. The van der Waals surface area contributed by atoms with Crippen molar-refractivity contribution < 1.29 is 55.8 Å². The number of ether oxygens (including phenoxy) is 2. The van der Waals surface area contributed by atoms with Crippen LogP contribution in [0.1, 0.15) is 109 Å². The number of nitrogens with zero attached hydrogens (tertiary/aromatic N) is 3. The lowest BCUT2D eigenvalue weighted by Crippen LogP contribution is -2.44. The highest BCUT2D eigenvalue weighted by Crippen LogP contribution is 2.40. The first kappa shape index (κ1) is 53.3. The quantitative estimate of drug-likeness (QED) is 0.0427. The van der Waals surface area contributed by atoms with Gasteiger partial charge in [-0.2, -0.15) is 13.2 Å². The van der Waals surface area contributed by atoms with Gasteiger partial charge < -0.3 is 45.9 Å². The monoisotopic (exact) mass is 991 g/mol. The average Bonchev–Trinajstić information content (AvgIpc) is 3.75. The van der Waals surface area contributed by atoms with Gasteiger partial charge in [0.1, 0.15) is 24.2 Å². The van der Waals surface area contributed by atoms with Crippen LogP contribution in [-0.4, -0.2) is 126 Å². The molecule has 2 aromatic carbocycles. The number of rotatable bonds is 17. The zero-order chi connectivity index (χ0) is 52.1. The van der Waals surface area contributed by atoms with E-state index in [0.29, 0.717) is 79.2 Å². The molecule has 3 aromatic rings. The summed E-state index contributed by atoms with van der Waals surface area (Å²) in [5, 5.41) is 16.7. The average molecular weight is 992 g/mol. The lowest BCUT2D eigenvalue weighted by atomic mass is 9.74. The van der Waals surface area contributed by atoms with E-state index >= 15 is 0 Å². The van der Waals surface area contributed by atoms with E-state index in [-0.39, 0.29) is 66.7 Å². The number of benzene rings is 2. The summed E-state index contributed by atoms with van der Waals surface area (Å²) in [6, 6.07) is 8.14. The summed E-state index contributed by atoms with van der Waals surface area (Å²) in [4.78, 5) is 86.7. The molecule has 17 nitrogen and oxygen atoms in total. The van der Waals surface area contributed by atoms with Crippen molar-refractivity contribution in [2.24, 2.45) is 11.1 Å². The number of ketones is 1. The highest BCUT2D eigenvalue weighted by molar-refractivity contribution is 6.35. The van der Waals surface area contributed by atoms with Gasteiger partial charge in [0.15, 0.2) is 5.78 Å². The molecule has 382 valence electrons. The van der Waals surface area contributed by atoms with E-state index in [4.69, 9.17) is 20.6 Å². The number of anilines is 3. The number of primary amides is 1. The molecule has 2 heterocycles. The summed E-state index contributed by atoms with van der Waals surface area (Å²) >= 11 is 0. The van der Waals surface area contributed by atoms with Gasteiger partial charge in [-0.25, -0.2) is 18.9 Å². The number of aryl methyl sites for hydroxylation is 1. The third kappa shape index (κ3) is 12.7. The van der Waals surface area contributed by atoms with E-state index < -0.39 is 70.5 Å². The molecule has 0 radical (unpaired) electrons. The van der Waals surface area contributed by atoms with Crippen molar-refractivity contribution in [3.05, 3.63) is 87.1 Å². The zero-order valence-electron chi connectivity index (χ0n) is 40.9. The first-order valence-corrected chi connectivity index (χ1v) is 23.5. The Morgan fingerprint density at radius 1 is 0.958 bits per heavy atom. The number of amides is 5. The lowest BCUT2D eigenvalue weighted by Gasteiger charge is -2.33. The number of imide groups is 1. The van der Waals surface area contributed by atoms with E-state index in [0.717, 1.165) is 4.90 Å². The van der Waals surface area contributed by atoms with Gasteiger partial charge in [0.25, 0.3) is 17.7 Å². The summed E-state index contributed by atoms with van der Waals surface area (Å²) in [7, 11) is 1.48. The predicted octanol–water partition coefficient (Wildman–Crippen LogP) is 8.41. The Kier molecular flexibility index (Phi) is 16.5. The standard InChI is InChI=1S/C50H61F4N9O8/c1-8-62(9-2)18-19-63(46(67)41-27(3)37(57-28(41)4)24-35-34-22-29(51)10-17-36(34)60-45(35)66)48(69)70-21-20-61(7)47(68)71-32-14-11-30(12-15-32)58-38-23-31(13-16-33(38)44(56)65)59-39-25-49(5,6)26-40(64)42(39)43(55)50(52,53)54/h10,13,16-17,22-24,30,32,55,57-59H,8-9,11-12,14-15,18-21,25-26H2,1-7H3,(H2,56,65)(H,60,66)/b35-24-,55-43?. The highest BCUT2D eigenvalue weighted by atomic mass is 19.4. The summed E-state index contributed by atoms with van der Waals surface area (Å²) in [6.07, 6.45) is -3.80. The third-order valence-electron chi connectivity index (χ3n) is 13.0. The number of aromatic amines is 1. The van der Waals surface area contributed by atoms with Gasteiger partial charge in [-0.05, 0) is 112 Å². The Balaban J connectivity index is 1.05. The number of carbonyl (C=O) groups is 6. The number of hydrogen-bond donors (Lipinski definition) is 6. The van der Waals surface area contributed by atoms with E-state index in [2.05, 4.69) is 20.9 Å². The number of likely N-dealkylation sites (N-methyl/N-ethyl adjacent to an activating group) is 2. The molecule has 2 aliphatic carbocycles. The van der Waals surface area contributed by atoms with Crippen LogP contribution >= 0.6 is 0 Å². The minimum absolute atomic E-state index is 0.00602. The van der Waals surface area contributed by atoms with Gasteiger partial charge in [0, 0.05) is 72.3 Å². The molecule has 1 aromatic heterocycles. The fourth-order valence-corrected chi connectivity index (χ4v) is 9.09. The van der Waals surface area contributed by atoms with Crippen molar-refractivity contribution in [2.75, 3.05) is 62.3 Å². The Morgan fingerprint density at radius 2 is 1.65 bits per heavy atom. The molecule has 1 fully saturated rings. The summed E-state index contributed by atoms with van der Waals surface area (Å²) in [6.45, 7) is 12.1. The molecule has 1 saturated carbocycles. The van der Waals surface area contributed by atoms with E-state index in [1.807, 2.05) is 18.7 Å². The minimum atomic E-state index is -5.04. The number of allylic oxidation sites excluding steroid dienone is 2. The van der Waals surface area contributed by atoms with Gasteiger partial charge >= 0.3 is 18.4 Å². The van der Waals surface area contributed by atoms with Crippen molar-refractivity contribution in [1.29, 1.82) is 5.41 Å². The minimum Gasteiger partial charge on any atom is -0.447 e. The van der Waals surface area contributed by atoms with Gasteiger partial charge in [-0.3, -0.25) is 24.6 Å². The largest absolute Gasteiger partial charge is 0.447 e. The van der Waals surface area contributed by atoms with Crippen LogP contribution < -0.4 is 21.7 Å². The van der Waals surface area contributed by atoms with Crippen molar-refractivity contribution >= 4 is 70.1 Å². The van der Waals surface area contributed by atoms with Crippen LogP contribution in [0, 0.1) is 30.5 Å². The van der Waals surface area contributed by atoms with E-state index in [9.17, 15) is 46.3 Å². The number of halogens is 4. The molecule has 3 aliphatic rings. The third-order valence-corrected chi connectivity index (χ3v) is 13.0. The van der Waals surface area contributed by atoms with Crippen LogP contribution in [0.5, 0.6) is 0 Å². The second-order valence-corrected chi connectivity index (χ2v) is 18.8. The number of alkyl halides is 3. The summed E-state index contributed by atoms with van der Waals surface area (Å²) in [5.41, 5.74) is 5.78. The number of carbonyl (C=O) groups excluding carboxylic acids is 6. The number of fused-ring (bicyclic) bond motifs is 1. The molecule has 6 rings (SSSR count). The first-order chi connectivity index (χ1) is 33.4. The maximum Gasteiger partial charge on any atom is 0.433 e. The fourth-order valence-electron chi connectivity index (χ4n) is 9.09. The molecule has 71 heavy (non-hydrogen) atoms. The van der Waals surface area contributed by atoms with Crippen LogP contribution in [0.25, 0.3) is 11.6 Å². The predicted molar refractivity (Wildman–Crippen MR) is 260 cm³/mol. The Hall–Kier alpha value is -7.03. The molecule has 0 bridgehead atoms. The van der Waals surface area contributed by atoms with Crippen molar-refractivity contribution in [1.82, 2.24) is 19.7 Å². The van der Waals surface area contributed by atoms with Crippen molar-refractivity contribution in [3.63, 3.8) is 0 Å². The number of nitrogens with two attached hydrogens (primary N) is 1. The Morgan fingerprint density at radius 3 is 2.30 bits per heavy atom. The topological polar surface area (TPSA) is 232 Å². The van der Waals surface area contributed by atoms with Crippen LogP contribution in [-0.2, 0) is 19.1 Å². The molecule has 0 spiro atoms. The van der Waals surface area contributed by atoms with Gasteiger partial charge in [-0.15, -0.1) is 0 Å². The zero-order valence-corrected chi connectivity index (χ0v) is 40.9. The van der Waals surface area contributed by atoms with Gasteiger partial charge in [0.05, 0.1) is 28.8 Å². The SMILES string of the molecule is CCN(CC)CCN(C(=O)OCCN(C)C(=O)OC1CCC(Nc2cc(NC3=C(C(=N)C(F)(F)F)C(=O)CC(C)(C)C3)ccc2C(N)=O)CC1)C(=O)c1c(C)[nH]c(/C=C2\C(=O)Nc3ccc(F)cc32)c1C. The maximum absolute atomic E-state index is 14.2. The highest BCUT2D eigenvalue weighted by Gasteiger charge is 2.44. The van der Waals surface area contributed by atoms with Gasteiger partial charge in [0.2, 0.25) is 0 Å². The molecular formula is C50H61F4N9O8. The molecule has 0 atom stereocenters. The summed E-state index contributed by atoms with van der Waals surface area (Å²) in [5.74, 6) is -3.12. The first-order valence-electron chi connectivity index (χ1n) is 23.5. The van der Waals surface area contributed by atoms with Crippen LogP contribution in [0.15, 0.2) is 47.7 Å². The second kappa shape index (κ2) is 21.9. The number of aromatic nitrogens is 1. The molecule has 21 heteroatoms. The van der Waals surface area contributed by atoms with Crippen molar-refractivity contribution in [3.8, 4) is 0 Å². The molecular weight excluding hydrogens is 931 g/mol. The molecule has 5 amide bonds. The maximum atomic E-state index is 14.2. The van der Waals surface area contributed by atoms with E-state index in [1.54, 1.807) is 33.8 Å². The molecule has 0 unspecified atom stereocenters. The lowest BCUT2D eigenvalue weighted by molar-refractivity contribution is -0.118.